The van der Waals surface area contributed by atoms with Crippen LogP contribution in [0.25, 0.3) is 0 Å². The third-order valence-electron chi connectivity index (χ3n) is 4.87. The van der Waals surface area contributed by atoms with E-state index in [1.165, 1.54) is 32.3 Å². The minimum absolute atomic E-state index is 0.0144. The van der Waals surface area contributed by atoms with Crippen LogP contribution < -0.4 is 11.1 Å². The van der Waals surface area contributed by atoms with Crippen LogP contribution in [0.2, 0.25) is 0 Å². The van der Waals surface area contributed by atoms with Crippen molar-refractivity contribution < 1.29 is 29.6 Å². The number of aliphatic hydroxyl groups excluding tert-OH is 2. The van der Waals surface area contributed by atoms with E-state index in [4.69, 9.17) is 20.7 Å². The number of hydrogen-bond donors (Lipinski definition) is 5. The highest BCUT2D eigenvalue weighted by molar-refractivity contribution is 5.93. The lowest BCUT2D eigenvalue weighted by atomic mass is 9.95. The van der Waals surface area contributed by atoms with Crippen LogP contribution >= 0.6 is 0 Å². The molecular weight excluding hydrogens is 402 g/mol. The first-order chi connectivity index (χ1) is 14.8. The van der Waals surface area contributed by atoms with Crippen LogP contribution in [0.4, 0.5) is 0 Å². The third-order valence-corrected chi connectivity index (χ3v) is 4.87. The molecule has 0 atom stereocenters. The number of nitrogens with zero attached hydrogens (tertiary/aromatic N) is 1. The van der Waals surface area contributed by atoms with Crippen LogP contribution in [-0.2, 0) is 14.3 Å². The first kappa shape index (κ1) is 26.1. The predicted octanol–water partition coefficient (Wildman–Crippen LogP) is 2.10. The van der Waals surface area contributed by atoms with E-state index in [2.05, 4.69) is 17.0 Å². The van der Waals surface area contributed by atoms with E-state index >= 15 is 0 Å². The zero-order chi connectivity index (χ0) is 23.2. The van der Waals surface area contributed by atoms with Crippen molar-refractivity contribution in [3.63, 3.8) is 0 Å². The van der Waals surface area contributed by atoms with Crippen molar-refractivity contribution in [2.45, 2.75) is 51.5 Å². The van der Waals surface area contributed by atoms with Crippen LogP contribution in [0.1, 0.15) is 45.4 Å². The summed E-state index contributed by atoms with van der Waals surface area (Å²) in [5.41, 5.74) is 6.25. The standard InChI is InChI=1S/C12H14N2O3.C10H19NO3/c1-7(14-2)10(12(16)17)11(13)8-5-3-4-6-9(8)15;12-6-7-14-8-10(13)11-9-4-2-1-3-5-9/h3-4,6,15H,2,5,13H2,1H3,(H,16,17);9,12H,1-8H2,(H,11,13)/b10-7+,11-8-;. The molecule has 0 aromatic carbocycles. The molecule has 0 bridgehead atoms. The highest BCUT2D eigenvalue weighted by Gasteiger charge is 2.20. The summed E-state index contributed by atoms with van der Waals surface area (Å²) < 4.78 is 4.92. The van der Waals surface area contributed by atoms with E-state index in [0.29, 0.717) is 18.0 Å². The molecule has 0 radical (unpaired) electrons. The van der Waals surface area contributed by atoms with Crippen LogP contribution in [-0.4, -0.2) is 59.8 Å². The van der Waals surface area contributed by atoms with Crippen molar-refractivity contribution in [3.05, 3.63) is 46.5 Å². The molecule has 2 aliphatic carbocycles. The molecule has 172 valence electrons. The minimum atomic E-state index is -1.19. The Morgan fingerprint density at radius 2 is 2.00 bits per heavy atom. The summed E-state index contributed by atoms with van der Waals surface area (Å²) in [7, 11) is 0. The van der Waals surface area contributed by atoms with Gasteiger partial charge in [0.15, 0.2) is 0 Å². The molecule has 9 nitrogen and oxygen atoms in total. The molecule has 6 N–H and O–H groups in total. The fourth-order valence-electron chi connectivity index (χ4n) is 3.24. The Kier molecular flexibility index (Phi) is 11.9. The molecule has 2 aliphatic rings. The number of carbonyl (C=O) groups excluding carboxylic acids is 1. The monoisotopic (exact) mass is 435 g/mol. The zero-order valence-corrected chi connectivity index (χ0v) is 18.0. The summed E-state index contributed by atoms with van der Waals surface area (Å²) in [4.78, 5) is 25.9. The molecule has 0 unspecified atom stereocenters. The van der Waals surface area contributed by atoms with Crippen molar-refractivity contribution in [1.29, 1.82) is 0 Å². The lowest BCUT2D eigenvalue weighted by Gasteiger charge is -2.22. The van der Waals surface area contributed by atoms with Gasteiger partial charge in [-0.15, -0.1) is 0 Å². The quantitative estimate of drug-likeness (QED) is 0.222. The summed E-state index contributed by atoms with van der Waals surface area (Å²) in [6, 6.07) is 0.342. The maximum atomic E-state index is 11.3. The molecule has 0 spiro atoms. The van der Waals surface area contributed by atoms with E-state index in [1.807, 2.05) is 0 Å². The summed E-state index contributed by atoms with van der Waals surface area (Å²) in [5, 5.41) is 30.1. The fraction of sp³-hybridized carbons (Fsp3) is 0.500. The van der Waals surface area contributed by atoms with Crippen molar-refractivity contribution in [2.24, 2.45) is 10.7 Å². The van der Waals surface area contributed by atoms with E-state index < -0.39 is 5.97 Å². The second-order valence-electron chi connectivity index (χ2n) is 7.18. The molecule has 1 amide bonds. The SMILES string of the molecule is C=N/C(C)=C(C(=O)O)\C(N)=C1/CC=CC=C1O.O=C(COCCO)NC1CCCCC1. The highest BCUT2D eigenvalue weighted by Crippen LogP contribution is 2.24. The molecule has 1 fully saturated rings. The number of carbonyl (C=O) groups is 2. The number of allylic oxidation sites excluding steroid dienone is 5. The van der Waals surface area contributed by atoms with Gasteiger partial charge in [-0.05, 0) is 39.0 Å². The molecule has 31 heavy (non-hydrogen) atoms. The smallest absolute Gasteiger partial charge is 0.339 e. The van der Waals surface area contributed by atoms with E-state index in [9.17, 15) is 14.7 Å². The number of nitrogens with one attached hydrogen (secondary N) is 1. The zero-order valence-electron chi connectivity index (χ0n) is 18.0. The lowest BCUT2D eigenvalue weighted by Crippen LogP contribution is -2.38. The largest absolute Gasteiger partial charge is 0.508 e. The van der Waals surface area contributed by atoms with Crippen molar-refractivity contribution in [2.75, 3.05) is 19.8 Å². The van der Waals surface area contributed by atoms with E-state index in [-0.39, 0.29) is 48.5 Å². The lowest BCUT2D eigenvalue weighted by molar-refractivity contribution is -0.132. The van der Waals surface area contributed by atoms with Gasteiger partial charge in [-0.25, -0.2) is 4.79 Å². The Bertz CT molecular complexity index is 761. The summed E-state index contributed by atoms with van der Waals surface area (Å²) in [5.74, 6) is -1.28. The van der Waals surface area contributed by atoms with Gasteiger partial charge in [0.2, 0.25) is 5.91 Å². The van der Waals surface area contributed by atoms with E-state index in [0.717, 1.165) is 12.8 Å². The second-order valence-corrected chi connectivity index (χ2v) is 7.18. The number of rotatable bonds is 8. The third kappa shape index (κ3) is 9.18. The number of carboxylic acid groups (broad SMARTS) is 1. The first-order valence-electron chi connectivity index (χ1n) is 10.3. The Balaban J connectivity index is 0.000000316. The maximum Gasteiger partial charge on any atom is 0.339 e. The first-order valence-corrected chi connectivity index (χ1v) is 10.3. The highest BCUT2D eigenvalue weighted by atomic mass is 16.5. The number of ether oxygens (including phenoxy) is 1. The van der Waals surface area contributed by atoms with Gasteiger partial charge in [0.05, 0.1) is 24.6 Å². The number of hydrogen-bond acceptors (Lipinski definition) is 7. The molecule has 0 saturated heterocycles. The molecule has 1 saturated carbocycles. The van der Waals surface area contributed by atoms with Gasteiger partial charge < -0.3 is 31.1 Å². The Hall–Kier alpha value is -2.91. The van der Waals surface area contributed by atoms with Gasteiger partial charge in [-0.3, -0.25) is 9.79 Å². The predicted molar refractivity (Wildman–Crippen MR) is 118 cm³/mol. The average Bonchev–Trinajstić information content (AvgIpc) is 2.75. The normalized spacial score (nSPS) is 18.7. The molecule has 0 aromatic rings. The number of carboxylic acids is 1. The van der Waals surface area contributed by atoms with Crippen LogP contribution in [0.3, 0.4) is 0 Å². The van der Waals surface area contributed by atoms with Crippen LogP contribution in [0.15, 0.2) is 51.5 Å². The van der Waals surface area contributed by atoms with Gasteiger partial charge in [-0.1, -0.05) is 31.4 Å². The molecule has 9 heteroatoms. The van der Waals surface area contributed by atoms with Crippen molar-refractivity contribution in [3.8, 4) is 0 Å². The van der Waals surface area contributed by atoms with Gasteiger partial charge >= 0.3 is 5.97 Å². The Labute approximate surface area is 182 Å². The topological polar surface area (TPSA) is 154 Å². The number of aliphatic imine (C=N–C) groups is 1. The average molecular weight is 436 g/mol. The number of aliphatic carboxylic acids is 1. The molecule has 2 rings (SSSR count). The minimum Gasteiger partial charge on any atom is -0.508 e. The number of nitrogens with two attached hydrogens (primary N) is 1. The fourth-order valence-corrected chi connectivity index (χ4v) is 3.24. The Morgan fingerprint density at radius 1 is 1.32 bits per heavy atom. The summed E-state index contributed by atoms with van der Waals surface area (Å²) >= 11 is 0. The number of amides is 1. The van der Waals surface area contributed by atoms with Crippen LogP contribution in [0, 0.1) is 0 Å². The van der Waals surface area contributed by atoms with Gasteiger partial charge in [0.1, 0.15) is 17.9 Å². The molecular formula is C22H33N3O6. The Morgan fingerprint density at radius 3 is 2.55 bits per heavy atom. The van der Waals surface area contributed by atoms with Crippen molar-refractivity contribution in [1.82, 2.24) is 5.32 Å². The van der Waals surface area contributed by atoms with E-state index in [1.54, 1.807) is 12.2 Å². The molecule has 0 heterocycles. The molecule has 0 aliphatic heterocycles. The van der Waals surface area contributed by atoms with Gasteiger partial charge in [-0.2, -0.15) is 0 Å². The maximum absolute atomic E-state index is 11.3. The van der Waals surface area contributed by atoms with Gasteiger partial charge in [0, 0.05) is 11.6 Å². The van der Waals surface area contributed by atoms with Crippen LogP contribution in [0.5, 0.6) is 0 Å². The second kappa shape index (κ2) is 14.2. The summed E-state index contributed by atoms with van der Waals surface area (Å²) in [6.45, 7) is 5.04. The summed E-state index contributed by atoms with van der Waals surface area (Å²) in [6.07, 6.45) is 11.2. The number of aliphatic hydroxyl groups is 2. The van der Waals surface area contributed by atoms with Gasteiger partial charge in [0.25, 0.3) is 0 Å². The van der Waals surface area contributed by atoms with Crippen molar-refractivity contribution >= 4 is 18.6 Å². The molecule has 0 aromatic heterocycles.